The number of sulfonamides is 1. The van der Waals surface area contributed by atoms with Gasteiger partial charge in [-0.15, -0.1) is 11.3 Å². The minimum absolute atomic E-state index is 0.247. The molecule has 1 aromatic carbocycles. The average molecular weight is 361 g/mol. The molecule has 102 valence electrons. The maximum atomic E-state index is 12.1. The summed E-state index contributed by atoms with van der Waals surface area (Å²) in [6.45, 7) is 2.11. The van der Waals surface area contributed by atoms with Gasteiger partial charge in [0.05, 0.1) is 3.79 Å². The van der Waals surface area contributed by atoms with E-state index in [1.807, 2.05) is 6.92 Å². The van der Waals surface area contributed by atoms with Crippen LogP contribution in [0.25, 0.3) is 0 Å². The first-order valence-electron chi connectivity index (χ1n) is 5.48. The lowest BCUT2D eigenvalue weighted by Gasteiger charge is -2.05. The first-order chi connectivity index (χ1) is 8.88. The summed E-state index contributed by atoms with van der Waals surface area (Å²) in [5, 5.41) is 0. The van der Waals surface area contributed by atoms with E-state index in [4.69, 9.17) is 5.73 Å². The maximum Gasteiger partial charge on any atom is 0.250 e. The quantitative estimate of drug-likeness (QED) is 0.823. The Hall–Kier alpha value is -0.890. The number of benzene rings is 1. The SMILES string of the molecule is Cc1cc(S(=O)(=O)NCc2ccc(N)cc2)sc1Br. The Labute approximate surface area is 124 Å². The van der Waals surface area contributed by atoms with Crippen molar-refractivity contribution in [3.63, 3.8) is 0 Å². The van der Waals surface area contributed by atoms with E-state index in [0.717, 1.165) is 14.9 Å². The standard InChI is InChI=1S/C12H13BrN2O2S2/c1-8-6-11(18-12(8)13)19(16,17)15-7-9-2-4-10(14)5-3-9/h2-6,15H,7,14H2,1H3. The van der Waals surface area contributed by atoms with E-state index in [2.05, 4.69) is 20.7 Å². The zero-order valence-electron chi connectivity index (χ0n) is 10.2. The van der Waals surface area contributed by atoms with Gasteiger partial charge in [0, 0.05) is 12.2 Å². The van der Waals surface area contributed by atoms with Gasteiger partial charge in [0.1, 0.15) is 4.21 Å². The lowest BCUT2D eigenvalue weighted by Crippen LogP contribution is -2.22. The zero-order chi connectivity index (χ0) is 14.0. The van der Waals surface area contributed by atoms with E-state index in [0.29, 0.717) is 9.90 Å². The van der Waals surface area contributed by atoms with Crippen LogP contribution in [0.15, 0.2) is 38.3 Å². The van der Waals surface area contributed by atoms with Crippen molar-refractivity contribution in [1.29, 1.82) is 0 Å². The molecular formula is C12H13BrN2O2S2. The van der Waals surface area contributed by atoms with Gasteiger partial charge in [0.15, 0.2) is 0 Å². The van der Waals surface area contributed by atoms with Crippen molar-refractivity contribution in [3.8, 4) is 0 Å². The van der Waals surface area contributed by atoms with Crippen LogP contribution in [0, 0.1) is 6.92 Å². The van der Waals surface area contributed by atoms with Crippen LogP contribution in [0.3, 0.4) is 0 Å². The van der Waals surface area contributed by atoms with E-state index in [1.54, 1.807) is 30.3 Å². The Bertz CT molecular complexity index is 659. The number of aryl methyl sites for hydroxylation is 1. The van der Waals surface area contributed by atoms with E-state index in [9.17, 15) is 8.42 Å². The minimum atomic E-state index is -3.46. The summed E-state index contributed by atoms with van der Waals surface area (Å²) in [6, 6.07) is 8.74. The molecule has 19 heavy (non-hydrogen) atoms. The third-order valence-electron chi connectivity index (χ3n) is 2.55. The predicted octanol–water partition coefficient (Wildman–Crippen LogP) is 2.88. The Morgan fingerprint density at radius 1 is 1.32 bits per heavy atom. The molecule has 0 unspecified atom stereocenters. The number of anilines is 1. The van der Waals surface area contributed by atoms with E-state index in [-0.39, 0.29) is 6.54 Å². The molecule has 0 bridgehead atoms. The summed E-state index contributed by atoms with van der Waals surface area (Å²) in [6.07, 6.45) is 0. The van der Waals surface area contributed by atoms with E-state index in [1.165, 1.54) is 11.3 Å². The second-order valence-corrected chi connectivity index (χ2v) is 8.45. The van der Waals surface area contributed by atoms with Crippen LogP contribution in [0.2, 0.25) is 0 Å². The highest BCUT2D eigenvalue weighted by Crippen LogP contribution is 2.30. The van der Waals surface area contributed by atoms with E-state index < -0.39 is 10.0 Å². The van der Waals surface area contributed by atoms with Gasteiger partial charge in [0.2, 0.25) is 10.0 Å². The van der Waals surface area contributed by atoms with Crippen molar-refractivity contribution < 1.29 is 8.42 Å². The maximum absolute atomic E-state index is 12.1. The molecule has 7 heteroatoms. The van der Waals surface area contributed by atoms with Gasteiger partial charge in [0.25, 0.3) is 0 Å². The first-order valence-corrected chi connectivity index (χ1v) is 8.58. The fraction of sp³-hybridized carbons (Fsp3) is 0.167. The highest BCUT2D eigenvalue weighted by atomic mass is 79.9. The molecule has 0 saturated heterocycles. The molecule has 0 saturated carbocycles. The molecule has 3 N–H and O–H groups in total. The second kappa shape index (κ2) is 5.62. The van der Waals surface area contributed by atoms with Crippen LogP contribution in [0.4, 0.5) is 5.69 Å². The third kappa shape index (κ3) is 3.56. The zero-order valence-corrected chi connectivity index (χ0v) is 13.4. The van der Waals surface area contributed by atoms with Gasteiger partial charge in [-0.2, -0.15) is 0 Å². The molecule has 1 heterocycles. The van der Waals surface area contributed by atoms with Crippen LogP contribution in [-0.2, 0) is 16.6 Å². The number of rotatable bonds is 4. The number of nitrogens with one attached hydrogen (secondary N) is 1. The number of nitrogens with two attached hydrogens (primary N) is 1. The van der Waals surface area contributed by atoms with Gasteiger partial charge in [-0.3, -0.25) is 0 Å². The Morgan fingerprint density at radius 2 is 1.95 bits per heavy atom. The predicted molar refractivity (Wildman–Crippen MR) is 81.6 cm³/mol. The Morgan fingerprint density at radius 3 is 2.47 bits per heavy atom. The van der Waals surface area contributed by atoms with Crippen LogP contribution in [0.1, 0.15) is 11.1 Å². The van der Waals surface area contributed by atoms with Crippen molar-refractivity contribution >= 4 is 43.0 Å². The lowest BCUT2D eigenvalue weighted by atomic mass is 10.2. The smallest absolute Gasteiger partial charge is 0.250 e. The molecule has 0 amide bonds. The van der Waals surface area contributed by atoms with Gasteiger partial charge in [-0.05, 0) is 52.2 Å². The van der Waals surface area contributed by atoms with Crippen LogP contribution >= 0.6 is 27.3 Å². The Kier molecular flexibility index (Phi) is 4.29. The van der Waals surface area contributed by atoms with Crippen molar-refractivity contribution in [2.75, 3.05) is 5.73 Å². The summed E-state index contributed by atoms with van der Waals surface area (Å²) < 4.78 is 27.9. The molecule has 0 aliphatic carbocycles. The van der Waals surface area contributed by atoms with Crippen LogP contribution in [-0.4, -0.2) is 8.42 Å². The van der Waals surface area contributed by atoms with Gasteiger partial charge in [-0.25, -0.2) is 13.1 Å². The highest BCUT2D eigenvalue weighted by molar-refractivity contribution is 9.11. The molecule has 0 radical (unpaired) electrons. The third-order valence-corrected chi connectivity index (χ3v) is 6.56. The van der Waals surface area contributed by atoms with Crippen molar-refractivity contribution in [1.82, 2.24) is 4.72 Å². The topological polar surface area (TPSA) is 72.2 Å². The summed E-state index contributed by atoms with van der Waals surface area (Å²) in [5.74, 6) is 0. The normalized spacial score (nSPS) is 11.7. The fourth-order valence-corrected chi connectivity index (χ4v) is 4.74. The fourth-order valence-electron chi connectivity index (χ4n) is 1.45. The molecule has 0 fully saturated rings. The van der Waals surface area contributed by atoms with Crippen LogP contribution in [0.5, 0.6) is 0 Å². The molecule has 1 aromatic heterocycles. The molecule has 0 aliphatic heterocycles. The number of hydrogen-bond donors (Lipinski definition) is 2. The number of halogens is 1. The van der Waals surface area contributed by atoms with Gasteiger partial charge in [-0.1, -0.05) is 12.1 Å². The number of hydrogen-bond acceptors (Lipinski definition) is 4. The molecular weight excluding hydrogens is 348 g/mol. The van der Waals surface area contributed by atoms with Crippen LogP contribution < -0.4 is 10.5 Å². The molecule has 2 rings (SSSR count). The number of nitrogen functional groups attached to an aromatic ring is 1. The summed E-state index contributed by atoms with van der Waals surface area (Å²) in [5.41, 5.74) is 8.01. The largest absolute Gasteiger partial charge is 0.399 e. The van der Waals surface area contributed by atoms with Gasteiger partial charge < -0.3 is 5.73 Å². The van der Waals surface area contributed by atoms with E-state index >= 15 is 0 Å². The molecule has 2 aromatic rings. The molecule has 4 nitrogen and oxygen atoms in total. The van der Waals surface area contributed by atoms with Crippen molar-refractivity contribution in [3.05, 3.63) is 45.2 Å². The van der Waals surface area contributed by atoms with Crippen molar-refractivity contribution in [2.24, 2.45) is 0 Å². The molecule has 0 atom stereocenters. The number of thiophene rings is 1. The minimum Gasteiger partial charge on any atom is -0.399 e. The summed E-state index contributed by atoms with van der Waals surface area (Å²) >= 11 is 4.53. The summed E-state index contributed by atoms with van der Waals surface area (Å²) in [4.78, 5) is 0. The first kappa shape index (κ1) is 14.5. The highest BCUT2D eigenvalue weighted by Gasteiger charge is 2.17. The van der Waals surface area contributed by atoms with Gasteiger partial charge >= 0.3 is 0 Å². The monoisotopic (exact) mass is 360 g/mol. The van der Waals surface area contributed by atoms with Crippen molar-refractivity contribution in [2.45, 2.75) is 17.7 Å². The second-order valence-electron chi connectivity index (χ2n) is 4.09. The lowest BCUT2D eigenvalue weighted by molar-refractivity contribution is 0.583. The molecule has 0 aliphatic rings. The average Bonchev–Trinajstić information content (AvgIpc) is 2.70. The summed E-state index contributed by atoms with van der Waals surface area (Å²) in [7, 11) is -3.46. The molecule has 0 spiro atoms. The Balaban J connectivity index is 2.11.